The summed E-state index contributed by atoms with van der Waals surface area (Å²) in [5, 5.41) is 0. The van der Waals surface area contributed by atoms with Crippen molar-refractivity contribution >= 4 is 27.5 Å². The van der Waals surface area contributed by atoms with Gasteiger partial charge in [-0.3, -0.25) is 0 Å². The second kappa shape index (κ2) is 1.82. The predicted molar refractivity (Wildman–Crippen MR) is 48.9 cm³/mol. The number of hydrogen-bond acceptors (Lipinski definition) is 0. The average molecular weight is 234 g/mol. The summed E-state index contributed by atoms with van der Waals surface area (Å²) in [4.78, 5) is -0.0122. The van der Waals surface area contributed by atoms with Gasteiger partial charge in [-0.15, -0.1) is 11.6 Å². The van der Waals surface area contributed by atoms with Crippen LogP contribution in [0.2, 0.25) is 0 Å². The van der Waals surface area contributed by atoms with Gasteiger partial charge in [-0.1, -0.05) is 22.4 Å². The van der Waals surface area contributed by atoms with E-state index in [1.807, 2.05) is 0 Å². The third-order valence-corrected chi connectivity index (χ3v) is 5.83. The molecule has 0 aromatic carbocycles. The summed E-state index contributed by atoms with van der Waals surface area (Å²) >= 11 is 10.3. The van der Waals surface area contributed by atoms with Crippen molar-refractivity contribution in [3.05, 3.63) is 6.42 Å². The highest BCUT2D eigenvalue weighted by atomic mass is 79.9. The molecule has 0 N–H and O–H groups in total. The van der Waals surface area contributed by atoms with E-state index in [4.69, 9.17) is 11.6 Å². The van der Waals surface area contributed by atoms with Gasteiger partial charge in [0.1, 0.15) is 0 Å². The largest absolute Gasteiger partial charge is 0.118 e. The minimum Gasteiger partial charge on any atom is -0.118 e. The van der Waals surface area contributed by atoms with Crippen molar-refractivity contribution in [1.29, 1.82) is 0 Å². The van der Waals surface area contributed by atoms with Gasteiger partial charge < -0.3 is 0 Å². The van der Waals surface area contributed by atoms with Crippen molar-refractivity contribution in [2.24, 2.45) is 11.8 Å². The lowest BCUT2D eigenvalue weighted by Crippen LogP contribution is -2.63. The standard InChI is InChI=1S/C9H10BrCl/c10-8-4-5-9(11)6(8)2-1-3-7(8)9/h6-7H,1-4H2. The summed E-state index contributed by atoms with van der Waals surface area (Å²) in [5.74, 6) is 1.38. The maximum atomic E-state index is 6.45. The van der Waals surface area contributed by atoms with Crippen molar-refractivity contribution in [1.82, 2.24) is 0 Å². The fraction of sp³-hybridized carbons (Fsp3) is 0.889. The Kier molecular flexibility index (Phi) is 1.19. The Hall–Kier alpha value is 0.770. The molecule has 0 spiro atoms. The van der Waals surface area contributed by atoms with E-state index in [1.54, 1.807) is 0 Å². The molecule has 2 radical (unpaired) electrons. The number of rotatable bonds is 0. The van der Waals surface area contributed by atoms with Crippen LogP contribution in [0.5, 0.6) is 0 Å². The molecule has 4 saturated carbocycles. The van der Waals surface area contributed by atoms with Gasteiger partial charge in [0.15, 0.2) is 0 Å². The van der Waals surface area contributed by atoms with Crippen LogP contribution in [-0.4, -0.2) is 9.20 Å². The zero-order chi connectivity index (χ0) is 7.69. The van der Waals surface area contributed by atoms with Gasteiger partial charge in [-0.25, -0.2) is 0 Å². The maximum Gasteiger partial charge on any atom is 0.0598 e. The van der Waals surface area contributed by atoms with E-state index in [2.05, 4.69) is 22.4 Å². The van der Waals surface area contributed by atoms with E-state index < -0.39 is 0 Å². The van der Waals surface area contributed by atoms with Gasteiger partial charge in [-0.05, 0) is 31.1 Å². The molecule has 2 atom stereocenters. The molecule has 2 heteroatoms. The topological polar surface area (TPSA) is 0 Å². The summed E-state index contributed by atoms with van der Waals surface area (Å²) in [7, 11) is 0. The molecule has 0 aromatic rings. The predicted octanol–water partition coefficient (Wildman–Crippen LogP) is 3.01. The Labute approximate surface area is 80.8 Å². The third kappa shape index (κ3) is 0.581. The molecule has 4 aliphatic carbocycles. The van der Waals surface area contributed by atoms with E-state index in [0.717, 1.165) is 6.42 Å². The molecular formula is C9H10BrCl. The summed E-state index contributed by atoms with van der Waals surface area (Å²) in [5.41, 5.74) is 0. The molecule has 0 aliphatic heterocycles. The Balaban J connectivity index is 2.05. The van der Waals surface area contributed by atoms with Gasteiger partial charge >= 0.3 is 0 Å². The van der Waals surface area contributed by atoms with E-state index >= 15 is 0 Å². The minimum absolute atomic E-state index is 0.0122. The highest BCUT2D eigenvalue weighted by Gasteiger charge is 2.75. The Morgan fingerprint density at radius 1 is 1.36 bits per heavy atom. The van der Waals surface area contributed by atoms with Crippen LogP contribution < -0.4 is 0 Å². The van der Waals surface area contributed by atoms with Gasteiger partial charge in [0.05, 0.1) is 4.87 Å². The molecule has 60 valence electrons. The quantitative estimate of drug-likeness (QED) is 0.564. The second-order valence-electron chi connectivity index (χ2n) is 4.08. The van der Waals surface area contributed by atoms with Crippen LogP contribution in [0.25, 0.3) is 0 Å². The molecule has 4 aliphatic rings. The molecule has 0 nitrogen and oxygen atoms in total. The first-order valence-corrected chi connectivity index (χ1v) is 5.48. The number of hydrogen-bond donors (Lipinski definition) is 0. The number of alkyl halides is 2. The van der Waals surface area contributed by atoms with Crippen LogP contribution in [0.15, 0.2) is 0 Å². The summed E-state index contributed by atoms with van der Waals surface area (Å²) in [6, 6.07) is 0. The Morgan fingerprint density at radius 3 is 2.36 bits per heavy atom. The van der Waals surface area contributed by atoms with Crippen molar-refractivity contribution < 1.29 is 0 Å². The fourth-order valence-corrected chi connectivity index (χ4v) is 5.54. The molecule has 0 saturated heterocycles. The molecule has 0 heterocycles. The Bertz CT molecular complexity index is 184. The van der Waals surface area contributed by atoms with Crippen molar-refractivity contribution in [2.75, 3.05) is 0 Å². The SMILES string of the molecule is ClC12[C]CC3(Br)C1CCCC23. The Morgan fingerprint density at radius 2 is 2.00 bits per heavy atom. The van der Waals surface area contributed by atoms with Gasteiger partial charge in [0.25, 0.3) is 0 Å². The minimum atomic E-state index is -0.0122. The van der Waals surface area contributed by atoms with Crippen LogP contribution >= 0.6 is 27.5 Å². The van der Waals surface area contributed by atoms with E-state index in [-0.39, 0.29) is 4.87 Å². The van der Waals surface area contributed by atoms with E-state index in [9.17, 15) is 0 Å². The molecular weight excluding hydrogens is 223 g/mol. The van der Waals surface area contributed by atoms with Crippen LogP contribution in [0.1, 0.15) is 25.7 Å². The fourth-order valence-electron chi connectivity index (χ4n) is 3.28. The molecule has 0 amide bonds. The van der Waals surface area contributed by atoms with Gasteiger partial charge in [-0.2, -0.15) is 0 Å². The van der Waals surface area contributed by atoms with Crippen molar-refractivity contribution in [3.63, 3.8) is 0 Å². The smallest absolute Gasteiger partial charge is 0.0598 e. The summed E-state index contributed by atoms with van der Waals surface area (Å²) in [6.07, 6.45) is 8.49. The third-order valence-electron chi connectivity index (χ3n) is 3.79. The first-order valence-electron chi connectivity index (χ1n) is 4.31. The van der Waals surface area contributed by atoms with Crippen LogP contribution in [0.3, 0.4) is 0 Å². The summed E-state index contributed by atoms with van der Waals surface area (Å²) in [6.45, 7) is 0. The maximum absolute atomic E-state index is 6.45. The lowest BCUT2D eigenvalue weighted by Gasteiger charge is -2.60. The second-order valence-corrected chi connectivity index (χ2v) is 6.19. The van der Waals surface area contributed by atoms with Crippen LogP contribution in [0, 0.1) is 18.3 Å². The van der Waals surface area contributed by atoms with E-state index in [1.165, 1.54) is 19.3 Å². The first-order chi connectivity index (χ1) is 5.18. The molecule has 0 aromatic heterocycles. The zero-order valence-corrected chi connectivity index (χ0v) is 8.58. The van der Waals surface area contributed by atoms with Gasteiger partial charge in [0, 0.05) is 10.7 Å². The lowest BCUT2D eigenvalue weighted by atomic mass is 9.55. The highest BCUT2D eigenvalue weighted by molar-refractivity contribution is 9.10. The van der Waals surface area contributed by atoms with E-state index in [0.29, 0.717) is 16.2 Å². The molecule has 4 bridgehead atoms. The molecule has 4 rings (SSSR count). The molecule has 4 fully saturated rings. The number of halogens is 2. The van der Waals surface area contributed by atoms with Gasteiger partial charge in [0.2, 0.25) is 0 Å². The van der Waals surface area contributed by atoms with Crippen molar-refractivity contribution in [2.45, 2.75) is 34.9 Å². The molecule has 2 unspecified atom stereocenters. The van der Waals surface area contributed by atoms with Crippen molar-refractivity contribution in [3.8, 4) is 0 Å². The number of fused-ring (bicyclic) bond motifs is 1. The normalized spacial score (nSPS) is 66.0. The van der Waals surface area contributed by atoms with Crippen LogP contribution in [-0.2, 0) is 0 Å². The molecule has 11 heavy (non-hydrogen) atoms. The first kappa shape index (κ1) is 7.20. The van der Waals surface area contributed by atoms with Crippen LogP contribution in [0.4, 0.5) is 0 Å². The monoisotopic (exact) mass is 232 g/mol. The zero-order valence-electron chi connectivity index (χ0n) is 6.24. The lowest BCUT2D eigenvalue weighted by molar-refractivity contribution is 0.0564. The average Bonchev–Trinajstić information content (AvgIpc) is 2.42. The highest BCUT2D eigenvalue weighted by Crippen LogP contribution is 2.75. The summed E-state index contributed by atoms with van der Waals surface area (Å²) < 4.78 is 0.382.